The van der Waals surface area contributed by atoms with Gasteiger partial charge in [0, 0.05) is 28.5 Å². The number of aromatic nitrogens is 2. The summed E-state index contributed by atoms with van der Waals surface area (Å²) >= 11 is 0. The molecule has 0 saturated heterocycles. The summed E-state index contributed by atoms with van der Waals surface area (Å²) in [4.78, 5) is 25.4. The van der Waals surface area contributed by atoms with Gasteiger partial charge in [-0.2, -0.15) is 0 Å². The fourth-order valence-corrected chi connectivity index (χ4v) is 5.45. The fraction of sp³-hybridized carbons (Fsp3) is 0.190. The number of nitrogens with zero attached hydrogens (tertiary/aromatic N) is 3. The molecular formula is C21H25B9F3N3O3. The number of halogens is 3. The number of benzene rings is 2. The second kappa shape index (κ2) is 9.56. The molecule has 1 amide bonds. The topological polar surface area (TPSA) is 64.6 Å². The van der Waals surface area contributed by atoms with Crippen LogP contribution in [0, 0.1) is 0 Å². The highest BCUT2D eigenvalue weighted by molar-refractivity contribution is 6.59. The van der Waals surface area contributed by atoms with Crippen LogP contribution >= 0.6 is 0 Å². The zero-order chi connectivity index (χ0) is 29.1. The van der Waals surface area contributed by atoms with E-state index >= 15 is 0 Å². The third-order valence-corrected chi connectivity index (χ3v) is 8.11. The number of alkyl halides is 3. The summed E-state index contributed by atoms with van der Waals surface area (Å²) in [6.45, 7) is 0. The standard InChI is InChI=1S/C21H25B9F3N3O3/c22-12-10(8-2-4-9(5-3-8)38-21(31,32)33)13(23)14(24)15-11(12)16(37)36(19(27,28)20(29,30)39-15)18(25,26)17-34-6-1-7-35-17/h1-7H,22-30H2. The molecule has 0 aliphatic carbocycles. The first-order chi connectivity index (χ1) is 17.9. The molecule has 39 heavy (non-hydrogen) atoms. The Bertz CT molecular complexity index is 1440. The van der Waals surface area contributed by atoms with Gasteiger partial charge >= 0.3 is 6.36 Å². The second-order valence-corrected chi connectivity index (χ2v) is 11.5. The average Bonchev–Trinajstić information content (AvgIpc) is 2.88. The maximum absolute atomic E-state index is 14.7. The lowest BCUT2D eigenvalue weighted by Crippen LogP contribution is -2.74. The maximum atomic E-state index is 14.7. The number of carbonyl (C=O) groups excluding carboxylic acids is 1. The predicted molar refractivity (Wildman–Crippen MR) is 170 cm³/mol. The van der Waals surface area contributed by atoms with E-state index in [9.17, 15) is 18.0 Å². The van der Waals surface area contributed by atoms with Crippen molar-refractivity contribution in [2.24, 2.45) is 0 Å². The first-order valence-electron chi connectivity index (χ1n) is 12.7. The highest BCUT2D eigenvalue weighted by Gasteiger charge is 2.54. The second-order valence-electron chi connectivity index (χ2n) is 11.5. The number of ether oxygens (including phenoxy) is 2. The Morgan fingerprint density at radius 3 is 1.97 bits per heavy atom. The molecule has 0 spiro atoms. The van der Waals surface area contributed by atoms with E-state index in [0.717, 1.165) is 16.5 Å². The lowest BCUT2D eigenvalue weighted by Gasteiger charge is -2.54. The van der Waals surface area contributed by atoms with Crippen molar-refractivity contribution in [3.05, 3.63) is 54.1 Å². The van der Waals surface area contributed by atoms with E-state index in [4.69, 9.17) is 4.74 Å². The quantitative estimate of drug-likeness (QED) is 0.319. The van der Waals surface area contributed by atoms with Gasteiger partial charge in [-0.15, -0.1) is 13.2 Å². The summed E-state index contributed by atoms with van der Waals surface area (Å²) in [6.07, 6.45) is -1.48. The van der Waals surface area contributed by atoms with Crippen LogP contribution < -0.4 is 25.9 Å². The number of rotatable bonds is 4. The summed E-state index contributed by atoms with van der Waals surface area (Å²) in [6, 6.07) is 7.41. The fourth-order valence-electron chi connectivity index (χ4n) is 5.45. The monoisotopic (exact) mass is 523 g/mol. The highest BCUT2D eigenvalue weighted by atomic mass is 19.4. The molecule has 1 aliphatic rings. The molecule has 0 bridgehead atoms. The zero-order valence-electron chi connectivity index (χ0n) is 23.7. The van der Waals surface area contributed by atoms with Gasteiger partial charge in [-0.05, 0) is 29.3 Å². The Hall–Kier alpha value is -3.04. The van der Waals surface area contributed by atoms with Crippen LogP contribution in [0.25, 0.3) is 11.1 Å². The normalized spacial score (nSPS) is 16.6. The molecule has 190 valence electrons. The number of hydrogen-bond acceptors (Lipinski definition) is 5. The van der Waals surface area contributed by atoms with Crippen molar-refractivity contribution in [1.29, 1.82) is 0 Å². The summed E-state index contributed by atoms with van der Waals surface area (Å²) in [5, 5.41) is -2.54. The van der Waals surface area contributed by atoms with Crippen molar-refractivity contribution in [1.82, 2.24) is 14.9 Å². The molecule has 0 saturated carbocycles. The molecule has 4 rings (SSSR count). The van der Waals surface area contributed by atoms with Crippen molar-refractivity contribution < 1.29 is 27.4 Å². The van der Waals surface area contributed by atoms with Crippen LogP contribution in [-0.2, 0) is 5.34 Å². The molecule has 2 heterocycles. The molecule has 1 aliphatic heterocycles. The van der Waals surface area contributed by atoms with Crippen LogP contribution in [0.2, 0.25) is 0 Å². The Balaban J connectivity index is 1.96. The molecule has 0 atom stereocenters. The Morgan fingerprint density at radius 2 is 1.44 bits per heavy atom. The lowest BCUT2D eigenvalue weighted by molar-refractivity contribution is -0.274. The smallest absolute Gasteiger partial charge is 0.504 e. The van der Waals surface area contributed by atoms with Crippen molar-refractivity contribution >= 4 is 92.9 Å². The molecule has 0 N–H and O–H groups in total. The van der Waals surface area contributed by atoms with Crippen LogP contribution in [0.4, 0.5) is 13.2 Å². The third-order valence-electron chi connectivity index (χ3n) is 8.11. The maximum Gasteiger partial charge on any atom is 0.573 e. The van der Waals surface area contributed by atoms with E-state index in [0.29, 0.717) is 28.2 Å². The zero-order valence-corrected chi connectivity index (χ0v) is 23.7. The van der Waals surface area contributed by atoms with Crippen molar-refractivity contribution in [2.45, 2.75) is 22.4 Å². The Labute approximate surface area is 234 Å². The average molecular weight is 522 g/mol. The van der Waals surface area contributed by atoms with E-state index in [-0.39, 0.29) is 11.7 Å². The van der Waals surface area contributed by atoms with Crippen molar-refractivity contribution in [3.63, 3.8) is 0 Å². The molecule has 3 aromatic rings. The molecule has 0 radical (unpaired) electrons. The van der Waals surface area contributed by atoms with Gasteiger partial charge in [0.05, 0.1) is 5.56 Å². The molecule has 0 fully saturated rings. The van der Waals surface area contributed by atoms with Gasteiger partial charge in [-0.25, -0.2) is 9.97 Å². The highest BCUT2D eigenvalue weighted by Crippen LogP contribution is 2.38. The van der Waals surface area contributed by atoms with Gasteiger partial charge in [-0.1, -0.05) is 28.5 Å². The van der Waals surface area contributed by atoms with E-state index < -0.39 is 22.4 Å². The molecule has 2 aromatic carbocycles. The van der Waals surface area contributed by atoms with Crippen LogP contribution in [0.3, 0.4) is 0 Å². The molecule has 0 unspecified atom stereocenters. The predicted octanol–water partition coefficient (Wildman–Crippen LogP) is -7.43. The van der Waals surface area contributed by atoms with Gasteiger partial charge in [0.15, 0.2) is 0 Å². The summed E-state index contributed by atoms with van der Waals surface area (Å²) in [5.41, 5.74) is 4.16. The van der Waals surface area contributed by atoms with E-state index in [1.165, 1.54) is 12.1 Å². The number of fused-ring (bicyclic) bond motifs is 1. The van der Waals surface area contributed by atoms with Crippen molar-refractivity contribution in [3.8, 4) is 22.6 Å². The van der Waals surface area contributed by atoms with Crippen LogP contribution in [0.1, 0.15) is 16.2 Å². The number of hydrogen-bond donors (Lipinski definition) is 0. The minimum Gasteiger partial charge on any atom is -0.504 e. The molecule has 1 aromatic heterocycles. The Kier molecular flexibility index (Phi) is 7.10. The summed E-state index contributed by atoms with van der Waals surface area (Å²) in [5.74, 6) is 0.442. The van der Waals surface area contributed by atoms with E-state index in [1.807, 2.05) is 70.6 Å². The third kappa shape index (κ3) is 4.91. The van der Waals surface area contributed by atoms with Crippen LogP contribution in [-0.4, -0.2) is 108 Å². The number of amides is 1. The van der Waals surface area contributed by atoms with Crippen LogP contribution in [0.15, 0.2) is 42.7 Å². The van der Waals surface area contributed by atoms with Gasteiger partial charge < -0.3 is 14.4 Å². The van der Waals surface area contributed by atoms with E-state index in [1.54, 1.807) is 35.5 Å². The number of carbonyl (C=O) groups is 1. The molecule has 6 nitrogen and oxygen atoms in total. The minimum absolute atomic E-state index is 0.239. The Morgan fingerprint density at radius 1 is 0.872 bits per heavy atom. The SMILES string of the molecule is Bc1c(B)c(-c2ccc(OC(F)(F)F)cc2)c(B)c2c1OC(B)(B)C(B)(B)N(C(B)(B)c1ncccn1)C2=O. The molecular weight excluding hydrogens is 497 g/mol. The van der Waals surface area contributed by atoms with Gasteiger partial charge in [0.1, 0.15) is 87.9 Å². The summed E-state index contributed by atoms with van der Waals surface area (Å²) < 4.78 is 48.9. The van der Waals surface area contributed by atoms with E-state index in [2.05, 4.69) is 14.7 Å². The summed E-state index contributed by atoms with van der Waals surface area (Å²) in [7, 11) is 17.4. The van der Waals surface area contributed by atoms with Crippen molar-refractivity contribution in [2.75, 3.05) is 0 Å². The largest absolute Gasteiger partial charge is 0.573 e. The van der Waals surface area contributed by atoms with Crippen LogP contribution in [0.5, 0.6) is 11.5 Å². The first kappa shape index (κ1) is 29.0. The van der Waals surface area contributed by atoms with Gasteiger partial charge in [0.2, 0.25) is 0 Å². The molecule has 18 heteroatoms. The van der Waals surface area contributed by atoms with Gasteiger partial charge in [0.25, 0.3) is 5.91 Å². The first-order valence-corrected chi connectivity index (χ1v) is 12.7. The lowest BCUT2D eigenvalue weighted by atomic mass is 9.37. The van der Waals surface area contributed by atoms with Gasteiger partial charge in [-0.3, -0.25) is 4.79 Å². The minimum atomic E-state index is -4.78.